The predicted octanol–water partition coefficient (Wildman–Crippen LogP) is 3.48. The smallest absolute Gasteiger partial charge is 0.183 e. The molecule has 1 atom stereocenters. The zero-order valence-corrected chi connectivity index (χ0v) is 9.90. The molecule has 78 valence electrons. The van der Waals surface area contributed by atoms with Crippen molar-refractivity contribution in [2.75, 3.05) is 5.32 Å². The van der Waals surface area contributed by atoms with Crippen molar-refractivity contribution in [1.82, 2.24) is 4.98 Å². The number of nitrogens with zero attached hydrogens (tertiary/aromatic N) is 1. The molecule has 1 aromatic heterocycles. The third-order valence-corrected chi connectivity index (χ3v) is 4.00. The number of aromatic nitrogens is 1. The summed E-state index contributed by atoms with van der Waals surface area (Å²) in [4.78, 5) is 5.77. The van der Waals surface area contributed by atoms with Gasteiger partial charge in [-0.15, -0.1) is 11.3 Å². The molecule has 1 N–H and O–H groups in total. The zero-order valence-electron chi connectivity index (χ0n) is 9.08. The molecule has 0 aliphatic heterocycles. The molecular weight excluding hydrogens is 192 g/mol. The van der Waals surface area contributed by atoms with Crippen LogP contribution in [0, 0.1) is 5.92 Å². The Morgan fingerprint density at radius 2 is 2.14 bits per heavy atom. The molecule has 2 rings (SSSR count). The van der Waals surface area contributed by atoms with Crippen molar-refractivity contribution in [3.8, 4) is 0 Å². The summed E-state index contributed by atoms with van der Waals surface area (Å²) >= 11 is 1.79. The number of hydrogen-bond acceptors (Lipinski definition) is 3. The molecule has 1 aliphatic carbocycles. The molecule has 0 radical (unpaired) electrons. The standard InChI is InChI=1S/C11H18N2S/c1-7(2)10-6-12-11(14-10)13-8(3)9-4-5-9/h6-9H,4-5H2,1-3H3,(H,12,13). The molecule has 0 aromatic carbocycles. The van der Waals surface area contributed by atoms with Gasteiger partial charge in [0.25, 0.3) is 0 Å². The molecule has 1 unspecified atom stereocenters. The number of nitrogens with one attached hydrogen (secondary N) is 1. The van der Waals surface area contributed by atoms with Gasteiger partial charge >= 0.3 is 0 Å². The van der Waals surface area contributed by atoms with Gasteiger partial charge in [-0.1, -0.05) is 13.8 Å². The molecule has 3 heteroatoms. The van der Waals surface area contributed by atoms with Gasteiger partial charge < -0.3 is 5.32 Å². The van der Waals surface area contributed by atoms with E-state index in [9.17, 15) is 0 Å². The lowest BCUT2D eigenvalue weighted by Crippen LogP contribution is -2.16. The second-order valence-corrected chi connectivity index (χ2v) is 5.56. The fourth-order valence-electron chi connectivity index (χ4n) is 1.53. The van der Waals surface area contributed by atoms with E-state index in [-0.39, 0.29) is 0 Å². The van der Waals surface area contributed by atoms with Crippen LogP contribution < -0.4 is 5.32 Å². The summed E-state index contributed by atoms with van der Waals surface area (Å²) in [5.41, 5.74) is 0. The predicted molar refractivity (Wildman–Crippen MR) is 62.0 cm³/mol. The van der Waals surface area contributed by atoms with E-state index in [1.54, 1.807) is 11.3 Å². The van der Waals surface area contributed by atoms with Crippen molar-refractivity contribution >= 4 is 16.5 Å². The Morgan fingerprint density at radius 1 is 1.43 bits per heavy atom. The van der Waals surface area contributed by atoms with Crippen LogP contribution in [-0.2, 0) is 0 Å². The minimum absolute atomic E-state index is 0.597. The van der Waals surface area contributed by atoms with Crippen molar-refractivity contribution in [2.24, 2.45) is 5.92 Å². The highest BCUT2D eigenvalue weighted by molar-refractivity contribution is 7.15. The average molecular weight is 210 g/mol. The van der Waals surface area contributed by atoms with Gasteiger partial charge in [-0.2, -0.15) is 0 Å². The van der Waals surface area contributed by atoms with Crippen molar-refractivity contribution < 1.29 is 0 Å². The molecule has 1 saturated carbocycles. The van der Waals surface area contributed by atoms with Crippen molar-refractivity contribution in [1.29, 1.82) is 0 Å². The van der Waals surface area contributed by atoms with Gasteiger partial charge in [0, 0.05) is 17.1 Å². The second-order valence-electron chi connectivity index (χ2n) is 4.49. The van der Waals surface area contributed by atoms with Crippen molar-refractivity contribution in [3.63, 3.8) is 0 Å². The Kier molecular flexibility index (Phi) is 2.77. The van der Waals surface area contributed by atoms with E-state index in [1.165, 1.54) is 17.7 Å². The van der Waals surface area contributed by atoms with E-state index in [4.69, 9.17) is 0 Å². The van der Waals surface area contributed by atoms with Crippen molar-refractivity contribution in [2.45, 2.75) is 45.6 Å². The molecule has 0 amide bonds. The third-order valence-electron chi connectivity index (χ3n) is 2.77. The topological polar surface area (TPSA) is 24.9 Å². The van der Waals surface area contributed by atoms with E-state index in [0.717, 1.165) is 11.0 Å². The largest absolute Gasteiger partial charge is 0.359 e. The Bertz CT molecular complexity index is 302. The highest BCUT2D eigenvalue weighted by atomic mass is 32.1. The van der Waals surface area contributed by atoms with E-state index in [2.05, 4.69) is 31.1 Å². The van der Waals surface area contributed by atoms with Gasteiger partial charge in [0.15, 0.2) is 5.13 Å². The van der Waals surface area contributed by atoms with Crippen LogP contribution in [0.15, 0.2) is 6.20 Å². The average Bonchev–Trinajstić information content (AvgIpc) is 2.87. The summed E-state index contributed by atoms with van der Waals surface area (Å²) in [6.45, 7) is 6.68. The van der Waals surface area contributed by atoms with Gasteiger partial charge in [-0.3, -0.25) is 0 Å². The van der Waals surface area contributed by atoms with Crippen LogP contribution in [0.1, 0.15) is 44.4 Å². The Morgan fingerprint density at radius 3 is 2.64 bits per heavy atom. The van der Waals surface area contributed by atoms with Gasteiger partial charge in [0.2, 0.25) is 0 Å². The fourth-order valence-corrected chi connectivity index (χ4v) is 2.44. The summed E-state index contributed by atoms with van der Waals surface area (Å²) in [6.07, 6.45) is 4.77. The van der Waals surface area contributed by atoms with E-state index in [1.807, 2.05) is 6.20 Å². The fraction of sp³-hybridized carbons (Fsp3) is 0.727. The maximum atomic E-state index is 4.40. The first-order valence-corrected chi connectivity index (χ1v) is 6.20. The van der Waals surface area contributed by atoms with Crippen LogP contribution in [0.2, 0.25) is 0 Å². The van der Waals surface area contributed by atoms with Crippen LogP contribution >= 0.6 is 11.3 Å². The lowest BCUT2D eigenvalue weighted by atomic mass is 10.2. The summed E-state index contributed by atoms with van der Waals surface area (Å²) < 4.78 is 0. The lowest BCUT2D eigenvalue weighted by molar-refractivity contribution is 0.693. The molecule has 1 heterocycles. The molecule has 1 aromatic rings. The number of thiazole rings is 1. The van der Waals surface area contributed by atoms with E-state index >= 15 is 0 Å². The maximum Gasteiger partial charge on any atom is 0.183 e. The first kappa shape index (κ1) is 9.97. The Hall–Kier alpha value is -0.570. The SMILES string of the molecule is CC(C)c1cnc(NC(C)C2CC2)s1. The van der Waals surface area contributed by atoms with Gasteiger partial charge in [0.05, 0.1) is 0 Å². The van der Waals surface area contributed by atoms with Crippen LogP contribution in [-0.4, -0.2) is 11.0 Å². The highest BCUT2D eigenvalue weighted by Crippen LogP contribution is 2.35. The van der Waals surface area contributed by atoms with E-state index < -0.39 is 0 Å². The highest BCUT2D eigenvalue weighted by Gasteiger charge is 2.28. The number of rotatable bonds is 4. The molecule has 0 saturated heterocycles. The van der Waals surface area contributed by atoms with Gasteiger partial charge in [-0.05, 0) is 31.6 Å². The molecule has 0 bridgehead atoms. The minimum Gasteiger partial charge on any atom is -0.359 e. The first-order valence-electron chi connectivity index (χ1n) is 5.39. The summed E-state index contributed by atoms with van der Waals surface area (Å²) in [6, 6.07) is 0.598. The van der Waals surface area contributed by atoms with Gasteiger partial charge in [0.1, 0.15) is 0 Å². The van der Waals surface area contributed by atoms with Crippen LogP contribution in [0.25, 0.3) is 0 Å². The van der Waals surface area contributed by atoms with Gasteiger partial charge in [-0.25, -0.2) is 4.98 Å². The van der Waals surface area contributed by atoms with Crippen LogP contribution in [0.4, 0.5) is 5.13 Å². The molecule has 1 aliphatic rings. The monoisotopic (exact) mass is 210 g/mol. The molecule has 1 fully saturated rings. The van der Waals surface area contributed by atoms with E-state index in [0.29, 0.717) is 12.0 Å². The molecule has 2 nitrogen and oxygen atoms in total. The Balaban J connectivity index is 1.95. The summed E-state index contributed by atoms with van der Waals surface area (Å²) in [7, 11) is 0. The van der Waals surface area contributed by atoms with Crippen LogP contribution in [0.3, 0.4) is 0 Å². The lowest BCUT2D eigenvalue weighted by Gasteiger charge is -2.10. The third kappa shape index (κ3) is 2.27. The molecular formula is C11H18N2S. The Labute approximate surface area is 89.8 Å². The minimum atomic E-state index is 0.597. The summed E-state index contributed by atoms with van der Waals surface area (Å²) in [5, 5.41) is 4.58. The molecule has 0 spiro atoms. The number of hydrogen-bond donors (Lipinski definition) is 1. The summed E-state index contributed by atoms with van der Waals surface area (Å²) in [5.74, 6) is 1.49. The second kappa shape index (κ2) is 3.89. The maximum absolute atomic E-state index is 4.40. The van der Waals surface area contributed by atoms with Crippen molar-refractivity contribution in [3.05, 3.63) is 11.1 Å². The first-order chi connectivity index (χ1) is 6.66. The number of anilines is 1. The van der Waals surface area contributed by atoms with Crippen LogP contribution in [0.5, 0.6) is 0 Å². The zero-order chi connectivity index (χ0) is 10.1. The quantitative estimate of drug-likeness (QED) is 0.823. The normalized spacial score (nSPS) is 18.6. The molecule has 14 heavy (non-hydrogen) atoms.